The number of nitrogens with zero attached hydrogens (tertiary/aromatic N) is 1. The molecule has 0 aromatic heterocycles. The van der Waals surface area contributed by atoms with E-state index >= 15 is 0 Å². The molecule has 0 aromatic carbocycles. The Labute approximate surface area is 97.4 Å². The van der Waals surface area contributed by atoms with E-state index in [1.165, 1.54) is 19.3 Å². The number of amides is 1. The standard InChI is InChI=1S/C13H22N2O/c14-11-5-9-6-12(7-11)15(8-9)13(16)10-3-1-2-4-10/h9-12H,1-8,14H2. The molecule has 2 aliphatic carbocycles. The summed E-state index contributed by atoms with van der Waals surface area (Å²) in [6.45, 7) is 0.994. The van der Waals surface area contributed by atoms with Gasteiger partial charge in [-0.25, -0.2) is 0 Å². The lowest BCUT2D eigenvalue weighted by Gasteiger charge is -2.29. The smallest absolute Gasteiger partial charge is 0.225 e. The van der Waals surface area contributed by atoms with Crippen LogP contribution in [0.1, 0.15) is 44.9 Å². The Morgan fingerprint density at radius 3 is 2.62 bits per heavy atom. The summed E-state index contributed by atoms with van der Waals surface area (Å²) in [5.41, 5.74) is 6.03. The lowest BCUT2D eigenvalue weighted by atomic mass is 9.87. The fraction of sp³-hybridized carbons (Fsp3) is 0.923. The third kappa shape index (κ3) is 1.75. The summed E-state index contributed by atoms with van der Waals surface area (Å²) in [7, 11) is 0. The van der Waals surface area contributed by atoms with Crippen molar-refractivity contribution in [1.29, 1.82) is 0 Å². The van der Waals surface area contributed by atoms with Crippen LogP contribution in [0, 0.1) is 11.8 Å². The molecule has 2 saturated carbocycles. The van der Waals surface area contributed by atoms with Gasteiger partial charge in [-0.2, -0.15) is 0 Å². The van der Waals surface area contributed by atoms with Gasteiger partial charge < -0.3 is 10.6 Å². The van der Waals surface area contributed by atoms with Gasteiger partial charge in [-0.3, -0.25) is 4.79 Å². The van der Waals surface area contributed by atoms with Crippen LogP contribution in [0.2, 0.25) is 0 Å². The third-order valence-corrected chi connectivity index (χ3v) is 4.70. The summed E-state index contributed by atoms with van der Waals surface area (Å²) in [5.74, 6) is 1.48. The molecule has 1 heterocycles. The zero-order valence-electron chi connectivity index (χ0n) is 9.90. The molecule has 3 unspecified atom stereocenters. The molecule has 3 heteroatoms. The van der Waals surface area contributed by atoms with Gasteiger partial charge in [0.2, 0.25) is 5.91 Å². The maximum Gasteiger partial charge on any atom is 0.225 e. The first-order valence-corrected chi connectivity index (χ1v) is 6.80. The van der Waals surface area contributed by atoms with Crippen LogP contribution in [0.4, 0.5) is 0 Å². The van der Waals surface area contributed by atoms with Crippen LogP contribution in [0.15, 0.2) is 0 Å². The summed E-state index contributed by atoms with van der Waals surface area (Å²) in [4.78, 5) is 14.6. The third-order valence-electron chi connectivity index (χ3n) is 4.70. The normalized spacial score (nSPS) is 39.3. The van der Waals surface area contributed by atoms with Crippen LogP contribution >= 0.6 is 0 Å². The first kappa shape index (κ1) is 10.6. The highest BCUT2D eigenvalue weighted by Gasteiger charge is 2.42. The Hall–Kier alpha value is -0.570. The van der Waals surface area contributed by atoms with Crippen LogP contribution in [0.3, 0.4) is 0 Å². The molecular weight excluding hydrogens is 200 g/mol. The molecule has 2 N–H and O–H groups in total. The Morgan fingerprint density at radius 1 is 1.12 bits per heavy atom. The molecule has 3 rings (SSSR count). The SMILES string of the molecule is NC1CC2CC(C1)N(C(=O)C1CCCC1)C2. The van der Waals surface area contributed by atoms with Gasteiger partial charge in [0, 0.05) is 24.5 Å². The average molecular weight is 222 g/mol. The fourth-order valence-electron chi connectivity index (χ4n) is 3.96. The molecular formula is C13H22N2O. The van der Waals surface area contributed by atoms with Gasteiger partial charge in [0.05, 0.1) is 0 Å². The number of fused-ring (bicyclic) bond motifs is 2. The van der Waals surface area contributed by atoms with Gasteiger partial charge in [-0.1, -0.05) is 12.8 Å². The molecule has 1 amide bonds. The lowest BCUT2D eigenvalue weighted by molar-refractivity contribution is -0.136. The molecule has 0 radical (unpaired) electrons. The molecule has 0 aromatic rings. The van der Waals surface area contributed by atoms with Crippen LogP contribution in [-0.2, 0) is 4.79 Å². The van der Waals surface area contributed by atoms with Crippen LogP contribution in [0.5, 0.6) is 0 Å². The first-order chi connectivity index (χ1) is 7.74. The van der Waals surface area contributed by atoms with E-state index in [4.69, 9.17) is 5.73 Å². The van der Waals surface area contributed by atoms with Gasteiger partial charge >= 0.3 is 0 Å². The van der Waals surface area contributed by atoms with Gasteiger partial charge in [0.15, 0.2) is 0 Å². The fourth-order valence-corrected chi connectivity index (χ4v) is 3.96. The van der Waals surface area contributed by atoms with Gasteiger partial charge in [0.1, 0.15) is 0 Å². The highest BCUT2D eigenvalue weighted by atomic mass is 16.2. The molecule has 16 heavy (non-hydrogen) atoms. The lowest BCUT2D eigenvalue weighted by Crippen LogP contribution is -2.41. The minimum absolute atomic E-state index is 0.338. The molecule has 1 aliphatic heterocycles. The number of likely N-dealkylation sites (tertiary alicyclic amines) is 1. The van der Waals surface area contributed by atoms with Crippen molar-refractivity contribution in [2.45, 2.75) is 57.0 Å². The van der Waals surface area contributed by atoms with Crippen LogP contribution in [0.25, 0.3) is 0 Å². The number of carbonyl (C=O) groups excluding carboxylic acids is 1. The van der Waals surface area contributed by atoms with E-state index in [9.17, 15) is 4.79 Å². The Morgan fingerprint density at radius 2 is 1.88 bits per heavy atom. The van der Waals surface area contributed by atoms with E-state index in [1.807, 2.05) is 0 Å². The molecule has 1 saturated heterocycles. The maximum absolute atomic E-state index is 12.4. The summed E-state index contributed by atoms with van der Waals surface area (Å²) < 4.78 is 0. The van der Waals surface area contributed by atoms with Crippen molar-refractivity contribution >= 4 is 5.91 Å². The minimum Gasteiger partial charge on any atom is -0.339 e. The summed E-state index contributed by atoms with van der Waals surface area (Å²) in [6, 6.07) is 0.812. The second kappa shape index (κ2) is 4.02. The van der Waals surface area contributed by atoms with Crippen molar-refractivity contribution < 1.29 is 4.79 Å². The number of hydrogen-bond donors (Lipinski definition) is 1. The van der Waals surface area contributed by atoms with Crippen molar-refractivity contribution in [1.82, 2.24) is 4.90 Å². The minimum atomic E-state index is 0.338. The molecule has 3 nitrogen and oxygen atoms in total. The molecule has 90 valence electrons. The molecule has 2 bridgehead atoms. The highest BCUT2D eigenvalue weighted by Crippen LogP contribution is 2.37. The van der Waals surface area contributed by atoms with E-state index in [1.54, 1.807) is 0 Å². The predicted octanol–water partition coefficient (Wildman–Crippen LogP) is 1.51. The zero-order valence-corrected chi connectivity index (χ0v) is 9.90. The first-order valence-electron chi connectivity index (χ1n) is 6.80. The average Bonchev–Trinajstić information content (AvgIpc) is 2.85. The highest BCUT2D eigenvalue weighted by molar-refractivity contribution is 5.79. The maximum atomic E-state index is 12.4. The van der Waals surface area contributed by atoms with Gasteiger partial charge in [0.25, 0.3) is 0 Å². The van der Waals surface area contributed by atoms with Crippen molar-refractivity contribution in [2.24, 2.45) is 17.6 Å². The molecule has 3 aliphatic rings. The molecule has 3 fully saturated rings. The summed E-state index contributed by atoms with van der Waals surface area (Å²) in [6.07, 6.45) is 8.12. The topological polar surface area (TPSA) is 46.3 Å². The zero-order chi connectivity index (χ0) is 11.1. The Kier molecular flexibility index (Phi) is 2.66. The van der Waals surface area contributed by atoms with E-state index in [-0.39, 0.29) is 0 Å². The van der Waals surface area contributed by atoms with Crippen molar-refractivity contribution in [3.05, 3.63) is 0 Å². The van der Waals surface area contributed by atoms with Crippen molar-refractivity contribution in [3.8, 4) is 0 Å². The largest absolute Gasteiger partial charge is 0.339 e. The number of hydrogen-bond acceptors (Lipinski definition) is 2. The van der Waals surface area contributed by atoms with Crippen molar-refractivity contribution in [3.63, 3.8) is 0 Å². The van der Waals surface area contributed by atoms with Gasteiger partial charge in [-0.15, -0.1) is 0 Å². The summed E-state index contributed by atoms with van der Waals surface area (Å²) >= 11 is 0. The Bertz CT molecular complexity index is 286. The number of nitrogens with two attached hydrogens (primary N) is 1. The van der Waals surface area contributed by atoms with Crippen LogP contribution in [-0.4, -0.2) is 29.4 Å². The predicted molar refractivity (Wildman–Crippen MR) is 62.8 cm³/mol. The number of carbonyl (C=O) groups is 1. The quantitative estimate of drug-likeness (QED) is 0.731. The van der Waals surface area contributed by atoms with E-state index in [0.717, 1.165) is 32.2 Å². The van der Waals surface area contributed by atoms with Crippen LogP contribution < -0.4 is 5.73 Å². The molecule has 0 spiro atoms. The van der Waals surface area contributed by atoms with E-state index < -0.39 is 0 Å². The second-order valence-electron chi connectivity index (χ2n) is 5.96. The summed E-state index contributed by atoms with van der Waals surface area (Å²) in [5, 5.41) is 0. The second-order valence-corrected chi connectivity index (χ2v) is 5.96. The number of rotatable bonds is 1. The van der Waals surface area contributed by atoms with Gasteiger partial charge in [-0.05, 0) is 38.0 Å². The van der Waals surface area contributed by atoms with Crippen molar-refractivity contribution in [2.75, 3.05) is 6.54 Å². The van der Waals surface area contributed by atoms with E-state index in [2.05, 4.69) is 4.90 Å². The van der Waals surface area contributed by atoms with E-state index in [0.29, 0.717) is 29.8 Å². The Balaban J connectivity index is 1.68. The molecule has 3 atom stereocenters. The monoisotopic (exact) mass is 222 g/mol.